The highest BCUT2D eigenvalue weighted by molar-refractivity contribution is 7.89. The zero-order valence-corrected chi connectivity index (χ0v) is 16.3. The lowest BCUT2D eigenvalue weighted by molar-refractivity contribution is -0.274. The van der Waals surface area contributed by atoms with Crippen LogP contribution in [0.2, 0.25) is 0 Å². The van der Waals surface area contributed by atoms with E-state index in [4.69, 9.17) is 0 Å². The average Bonchev–Trinajstić information content (AvgIpc) is 2.69. The minimum atomic E-state index is -4.90. The van der Waals surface area contributed by atoms with Gasteiger partial charge in [-0.2, -0.15) is 4.31 Å². The van der Waals surface area contributed by atoms with E-state index in [1.165, 1.54) is 34.6 Å². The van der Waals surface area contributed by atoms with E-state index in [0.29, 0.717) is 0 Å². The van der Waals surface area contributed by atoms with Crippen LogP contribution in [0, 0.1) is 11.7 Å². The molecule has 2 aromatic carbocycles. The van der Waals surface area contributed by atoms with Crippen LogP contribution in [-0.2, 0) is 14.8 Å². The molecule has 11 heteroatoms. The van der Waals surface area contributed by atoms with Crippen LogP contribution < -0.4 is 10.1 Å². The number of anilines is 1. The van der Waals surface area contributed by atoms with Crippen molar-refractivity contribution in [2.75, 3.05) is 18.4 Å². The summed E-state index contributed by atoms with van der Waals surface area (Å²) in [6.07, 6.45) is -4.52. The molecule has 0 unspecified atom stereocenters. The van der Waals surface area contributed by atoms with Crippen LogP contribution in [0.4, 0.5) is 23.2 Å². The molecule has 1 N–H and O–H groups in total. The summed E-state index contributed by atoms with van der Waals surface area (Å²) < 4.78 is 80.9. The molecule has 0 bridgehead atoms. The van der Waals surface area contributed by atoms with Crippen molar-refractivity contribution in [1.82, 2.24) is 4.31 Å². The van der Waals surface area contributed by atoms with Crippen LogP contribution in [0.1, 0.15) is 12.8 Å². The lowest BCUT2D eigenvalue weighted by atomic mass is 9.97. The fourth-order valence-electron chi connectivity index (χ4n) is 3.13. The third kappa shape index (κ3) is 5.28. The van der Waals surface area contributed by atoms with Crippen molar-refractivity contribution >= 4 is 21.6 Å². The molecule has 3 rings (SSSR count). The monoisotopic (exact) mass is 446 g/mol. The van der Waals surface area contributed by atoms with Gasteiger partial charge in [-0.1, -0.05) is 12.1 Å². The maximum atomic E-state index is 13.0. The molecule has 0 aliphatic carbocycles. The lowest BCUT2D eigenvalue weighted by Gasteiger charge is -2.30. The highest BCUT2D eigenvalue weighted by Gasteiger charge is 2.34. The van der Waals surface area contributed by atoms with E-state index in [0.717, 1.165) is 18.2 Å². The van der Waals surface area contributed by atoms with Crippen molar-refractivity contribution < 1.29 is 35.5 Å². The first-order chi connectivity index (χ1) is 14.1. The lowest BCUT2D eigenvalue weighted by Crippen LogP contribution is -2.41. The van der Waals surface area contributed by atoms with Gasteiger partial charge in [0.25, 0.3) is 0 Å². The van der Waals surface area contributed by atoms with E-state index in [1.54, 1.807) is 0 Å². The molecule has 0 aromatic heterocycles. The summed E-state index contributed by atoms with van der Waals surface area (Å²) >= 11 is 0. The number of halogens is 4. The number of sulfonamides is 1. The van der Waals surface area contributed by atoms with Gasteiger partial charge in [0.2, 0.25) is 15.9 Å². The normalized spacial score (nSPS) is 16.3. The highest BCUT2D eigenvalue weighted by atomic mass is 32.2. The number of alkyl halides is 3. The number of para-hydroxylation sites is 2. The van der Waals surface area contributed by atoms with Gasteiger partial charge < -0.3 is 10.1 Å². The molecule has 2 aromatic rings. The molecule has 1 amide bonds. The Morgan fingerprint density at radius 2 is 1.63 bits per heavy atom. The number of hydrogen-bond acceptors (Lipinski definition) is 4. The third-order valence-corrected chi connectivity index (χ3v) is 6.56. The number of carbonyl (C=O) groups excluding carboxylic acids is 1. The predicted octanol–water partition coefficient (Wildman–Crippen LogP) is 3.76. The van der Waals surface area contributed by atoms with E-state index in [9.17, 15) is 30.8 Å². The van der Waals surface area contributed by atoms with Crippen molar-refractivity contribution in [3.63, 3.8) is 0 Å². The Hall–Kier alpha value is -2.66. The topological polar surface area (TPSA) is 75.7 Å². The molecular weight excluding hydrogens is 428 g/mol. The largest absolute Gasteiger partial charge is 0.573 e. The zero-order valence-electron chi connectivity index (χ0n) is 15.5. The first-order valence-corrected chi connectivity index (χ1v) is 10.4. The number of nitrogens with one attached hydrogen (secondary N) is 1. The SMILES string of the molecule is O=C(Nc1ccccc1OC(F)(F)F)C1CCN(S(=O)(=O)c2ccc(F)cc2)CC1. The Labute approximate surface area is 170 Å². The number of rotatable bonds is 5. The molecular formula is C19H18F4N2O4S. The number of carbonyl (C=O) groups is 1. The predicted molar refractivity (Wildman–Crippen MR) is 99.6 cm³/mol. The van der Waals surface area contributed by atoms with Crippen LogP contribution in [0.5, 0.6) is 5.75 Å². The Balaban J connectivity index is 1.63. The fraction of sp³-hybridized carbons (Fsp3) is 0.316. The molecule has 1 heterocycles. The van der Waals surface area contributed by atoms with Gasteiger partial charge in [0, 0.05) is 19.0 Å². The standard InChI is InChI=1S/C19H18F4N2O4S/c20-14-5-7-15(8-6-14)30(27,28)25-11-9-13(10-12-25)18(26)24-16-3-1-2-4-17(16)29-19(21,22)23/h1-8,13H,9-12H2,(H,24,26). The third-order valence-electron chi connectivity index (χ3n) is 4.65. The van der Waals surface area contributed by atoms with Crippen LogP contribution in [-0.4, -0.2) is 38.1 Å². The van der Waals surface area contributed by atoms with Crippen molar-refractivity contribution in [3.8, 4) is 5.75 Å². The van der Waals surface area contributed by atoms with Gasteiger partial charge in [0.15, 0.2) is 5.75 Å². The second kappa shape index (κ2) is 8.60. The molecule has 0 atom stereocenters. The second-order valence-corrected chi connectivity index (χ2v) is 8.60. The fourth-order valence-corrected chi connectivity index (χ4v) is 4.60. The smallest absolute Gasteiger partial charge is 0.404 e. The van der Waals surface area contributed by atoms with Crippen LogP contribution in [0.15, 0.2) is 53.4 Å². The number of nitrogens with zero attached hydrogens (tertiary/aromatic N) is 1. The average molecular weight is 446 g/mol. The van der Waals surface area contributed by atoms with Crippen LogP contribution in [0.3, 0.4) is 0 Å². The summed E-state index contributed by atoms with van der Waals surface area (Å²) in [5.41, 5.74) is -0.124. The van der Waals surface area contributed by atoms with E-state index in [-0.39, 0.29) is 36.5 Å². The first kappa shape index (κ1) is 22.0. The minimum absolute atomic E-state index is 0.0509. The maximum absolute atomic E-state index is 13.0. The van der Waals surface area contributed by atoms with Crippen molar-refractivity contribution in [2.45, 2.75) is 24.1 Å². The number of hydrogen-bond donors (Lipinski definition) is 1. The molecule has 6 nitrogen and oxygen atoms in total. The molecule has 0 radical (unpaired) electrons. The van der Waals surface area contributed by atoms with E-state index < -0.39 is 39.8 Å². The Morgan fingerprint density at radius 1 is 1.03 bits per heavy atom. The molecule has 0 spiro atoms. The van der Waals surface area contributed by atoms with Gasteiger partial charge in [-0.3, -0.25) is 4.79 Å². The Kier molecular flexibility index (Phi) is 6.32. The summed E-state index contributed by atoms with van der Waals surface area (Å²) in [7, 11) is -3.82. The minimum Gasteiger partial charge on any atom is -0.404 e. The van der Waals surface area contributed by atoms with Gasteiger partial charge in [0.05, 0.1) is 10.6 Å². The van der Waals surface area contributed by atoms with Crippen LogP contribution in [0.25, 0.3) is 0 Å². The Morgan fingerprint density at radius 3 is 2.23 bits per heavy atom. The summed E-state index contributed by atoms with van der Waals surface area (Å²) in [5.74, 6) is -2.19. The quantitative estimate of drug-likeness (QED) is 0.710. The van der Waals surface area contributed by atoms with Gasteiger partial charge in [-0.15, -0.1) is 13.2 Å². The highest BCUT2D eigenvalue weighted by Crippen LogP contribution is 2.31. The number of piperidine rings is 1. The molecule has 162 valence electrons. The Bertz CT molecular complexity index is 1000. The summed E-state index contributed by atoms with van der Waals surface area (Å²) in [5, 5.41) is 2.42. The van der Waals surface area contributed by atoms with E-state index in [2.05, 4.69) is 10.1 Å². The van der Waals surface area contributed by atoms with Gasteiger partial charge in [-0.05, 0) is 49.2 Å². The van der Waals surface area contributed by atoms with E-state index >= 15 is 0 Å². The number of benzene rings is 2. The summed E-state index contributed by atoms with van der Waals surface area (Å²) in [6.45, 7) is 0.108. The number of amides is 1. The number of ether oxygens (including phenoxy) is 1. The molecule has 1 aliphatic heterocycles. The van der Waals surface area contributed by atoms with E-state index in [1.807, 2.05) is 0 Å². The molecule has 0 saturated carbocycles. The molecule has 1 fully saturated rings. The molecule has 1 saturated heterocycles. The molecule has 1 aliphatic rings. The van der Waals surface area contributed by atoms with Crippen molar-refractivity contribution in [3.05, 3.63) is 54.3 Å². The zero-order chi connectivity index (χ0) is 21.9. The second-order valence-electron chi connectivity index (χ2n) is 6.67. The molecule has 30 heavy (non-hydrogen) atoms. The van der Waals surface area contributed by atoms with Gasteiger partial charge >= 0.3 is 6.36 Å². The van der Waals surface area contributed by atoms with Gasteiger partial charge in [-0.25, -0.2) is 12.8 Å². The summed E-state index contributed by atoms with van der Waals surface area (Å²) in [6, 6.07) is 9.60. The van der Waals surface area contributed by atoms with Gasteiger partial charge in [0.1, 0.15) is 5.82 Å². The maximum Gasteiger partial charge on any atom is 0.573 e. The van der Waals surface area contributed by atoms with Crippen molar-refractivity contribution in [1.29, 1.82) is 0 Å². The van der Waals surface area contributed by atoms with Crippen LogP contribution >= 0.6 is 0 Å². The van der Waals surface area contributed by atoms with Crippen molar-refractivity contribution in [2.24, 2.45) is 5.92 Å². The summed E-state index contributed by atoms with van der Waals surface area (Å²) in [4.78, 5) is 12.4. The first-order valence-electron chi connectivity index (χ1n) is 8.97.